The minimum atomic E-state index is -4.17. The molecule has 32 heavy (non-hydrogen) atoms. The van der Waals surface area contributed by atoms with E-state index in [2.05, 4.69) is 10.1 Å². The van der Waals surface area contributed by atoms with Crippen molar-refractivity contribution in [1.82, 2.24) is 9.62 Å². The van der Waals surface area contributed by atoms with Crippen LogP contribution in [0.2, 0.25) is 0 Å². The van der Waals surface area contributed by atoms with Crippen molar-refractivity contribution in [1.29, 1.82) is 0 Å². The Kier molecular flexibility index (Phi) is 7.54. The number of halogens is 2. The van der Waals surface area contributed by atoms with Gasteiger partial charge in [0, 0.05) is 18.7 Å². The summed E-state index contributed by atoms with van der Waals surface area (Å²) in [5.41, 5.74) is 0.323. The molecule has 1 fully saturated rings. The molecule has 1 heterocycles. The number of hydrogen-bond acceptors (Lipinski definition) is 6. The van der Waals surface area contributed by atoms with Crippen molar-refractivity contribution in [2.45, 2.75) is 17.4 Å². The molecule has 3 rings (SSSR count). The van der Waals surface area contributed by atoms with E-state index < -0.39 is 44.5 Å². The summed E-state index contributed by atoms with van der Waals surface area (Å²) in [6.45, 7) is 0.524. The second-order valence-corrected chi connectivity index (χ2v) is 8.93. The monoisotopic (exact) mass is 468 g/mol. The minimum absolute atomic E-state index is 0.0734. The van der Waals surface area contributed by atoms with Crippen molar-refractivity contribution < 1.29 is 36.3 Å². The van der Waals surface area contributed by atoms with Gasteiger partial charge in [-0.2, -0.15) is 4.31 Å². The molecule has 2 aromatic rings. The second kappa shape index (κ2) is 10.2. The van der Waals surface area contributed by atoms with Crippen molar-refractivity contribution >= 4 is 21.9 Å². The predicted octanol–water partition coefficient (Wildman–Crippen LogP) is 2.02. The van der Waals surface area contributed by atoms with Gasteiger partial charge in [-0.1, -0.05) is 12.1 Å². The zero-order valence-corrected chi connectivity index (χ0v) is 18.0. The average Bonchev–Trinajstić information content (AvgIpc) is 2.79. The van der Waals surface area contributed by atoms with E-state index in [0.29, 0.717) is 5.56 Å². The van der Waals surface area contributed by atoms with Gasteiger partial charge in [0.15, 0.2) is 0 Å². The topological polar surface area (TPSA) is 102 Å². The minimum Gasteiger partial charge on any atom is -0.469 e. The SMILES string of the molecule is COC(=O)CC(NC(=O)c1ccc(F)c(S(=O)(=O)N2CCOCC2)c1)c1ccc(F)cc1. The van der Waals surface area contributed by atoms with Gasteiger partial charge < -0.3 is 14.8 Å². The Morgan fingerprint density at radius 1 is 1.12 bits per heavy atom. The first kappa shape index (κ1) is 23.8. The third-order valence-corrected chi connectivity index (χ3v) is 6.87. The molecule has 11 heteroatoms. The molecular weight excluding hydrogens is 446 g/mol. The summed E-state index contributed by atoms with van der Waals surface area (Å²) in [6, 6.07) is 7.28. The zero-order valence-electron chi connectivity index (χ0n) is 17.2. The molecule has 0 aromatic heterocycles. The van der Waals surface area contributed by atoms with Crippen molar-refractivity contribution in [3.63, 3.8) is 0 Å². The Morgan fingerprint density at radius 2 is 1.78 bits per heavy atom. The highest BCUT2D eigenvalue weighted by molar-refractivity contribution is 7.89. The van der Waals surface area contributed by atoms with Crippen LogP contribution in [0.1, 0.15) is 28.4 Å². The number of morpholine rings is 1. The number of benzene rings is 2. The maximum absolute atomic E-state index is 14.4. The fraction of sp³-hybridized carbons (Fsp3) is 0.333. The first-order valence-electron chi connectivity index (χ1n) is 9.73. The molecule has 8 nitrogen and oxygen atoms in total. The third kappa shape index (κ3) is 5.47. The van der Waals surface area contributed by atoms with Crippen molar-refractivity contribution in [3.8, 4) is 0 Å². The van der Waals surface area contributed by atoms with Crippen molar-refractivity contribution in [3.05, 3.63) is 65.2 Å². The van der Waals surface area contributed by atoms with E-state index in [4.69, 9.17) is 4.74 Å². The normalized spacial score (nSPS) is 15.7. The van der Waals surface area contributed by atoms with Crippen LogP contribution in [0.4, 0.5) is 8.78 Å². The smallest absolute Gasteiger partial charge is 0.307 e. The highest BCUT2D eigenvalue weighted by Gasteiger charge is 2.30. The number of nitrogens with one attached hydrogen (secondary N) is 1. The maximum Gasteiger partial charge on any atom is 0.307 e. The van der Waals surface area contributed by atoms with E-state index in [1.165, 1.54) is 31.4 Å². The fourth-order valence-electron chi connectivity index (χ4n) is 3.21. The lowest BCUT2D eigenvalue weighted by Gasteiger charge is -2.26. The Hall–Kier alpha value is -2.89. The van der Waals surface area contributed by atoms with E-state index in [0.717, 1.165) is 22.5 Å². The van der Waals surface area contributed by atoms with Gasteiger partial charge in [0.25, 0.3) is 5.91 Å². The quantitative estimate of drug-likeness (QED) is 0.624. The molecule has 172 valence electrons. The number of nitrogens with zero attached hydrogens (tertiary/aromatic N) is 1. The van der Waals surface area contributed by atoms with Crippen LogP contribution >= 0.6 is 0 Å². The Labute approximate surface area is 184 Å². The highest BCUT2D eigenvalue weighted by Crippen LogP contribution is 2.23. The van der Waals surface area contributed by atoms with Gasteiger partial charge in [0.2, 0.25) is 10.0 Å². The van der Waals surface area contributed by atoms with E-state index in [-0.39, 0.29) is 38.3 Å². The van der Waals surface area contributed by atoms with E-state index in [9.17, 15) is 26.8 Å². The van der Waals surface area contributed by atoms with Gasteiger partial charge in [-0.15, -0.1) is 0 Å². The summed E-state index contributed by atoms with van der Waals surface area (Å²) in [5, 5.41) is 2.60. The number of amides is 1. The van der Waals surface area contributed by atoms with E-state index in [1.807, 2.05) is 0 Å². The van der Waals surface area contributed by atoms with Gasteiger partial charge in [-0.25, -0.2) is 17.2 Å². The molecule has 1 amide bonds. The number of rotatable bonds is 7. The molecular formula is C21H22F2N2O6S. The number of ether oxygens (including phenoxy) is 2. The van der Waals surface area contributed by atoms with E-state index in [1.54, 1.807) is 0 Å². The van der Waals surface area contributed by atoms with Crippen molar-refractivity contribution in [2.75, 3.05) is 33.4 Å². The lowest BCUT2D eigenvalue weighted by molar-refractivity contribution is -0.141. The first-order chi connectivity index (χ1) is 15.2. The molecule has 1 unspecified atom stereocenters. The number of esters is 1. The third-order valence-electron chi connectivity index (χ3n) is 4.96. The molecule has 0 aliphatic carbocycles. The van der Waals surface area contributed by atoms with Crippen LogP contribution in [-0.4, -0.2) is 58.0 Å². The summed E-state index contributed by atoms with van der Waals surface area (Å²) >= 11 is 0. The lowest BCUT2D eigenvalue weighted by Crippen LogP contribution is -2.41. The second-order valence-electron chi connectivity index (χ2n) is 7.02. The summed E-state index contributed by atoms with van der Waals surface area (Å²) in [7, 11) is -2.99. The molecule has 2 aromatic carbocycles. The molecule has 0 bridgehead atoms. The number of carbonyl (C=O) groups excluding carboxylic acids is 2. The molecule has 1 atom stereocenters. The highest BCUT2D eigenvalue weighted by atomic mass is 32.2. The van der Waals surface area contributed by atoms with Crippen LogP contribution in [0.3, 0.4) is 0 Å². The lowest BCUT2D eigenvalue weighted by atomic mass is 10.0. The van der Waals surface area contributed by atoms with Gasteiger partial charge in [0.05, 0.1) is 32.8 Å². The van der Waals surface area contributed by atoms with Crippen LogP contribution in [0.25, 0.3) is 0 Å². The zero-order chi connectivity index (χ0) is 23.3. The summed E-state index contributed by atoms with van der Waals surface area (Å²) in [6.07, 6.45) is -0.242. The van der Waals surface area contributed by atoms with Crippen LogP contribution in [-0.2, 0) is 24.3 Å². The maximum atomic E-state index is 14.4. The Morgan fingerprint density at radius 3 is 2.41 bits per heavy atom. The van der Waals surface area contributed by atoms with E-state index >= 15 is 0 Å². The molecule has 1 N–H and O–H groups in total. The Bertz CT molecular complexity index is 1090. The predicted molar refractivity (Wildman–Crippen MR) is 109 cm³/mol. The number of carbonyl (C=O) groups is 2. The van der Waals surface area contributed by atoms with Crippen LogP contribution in [0.15, 0.2) is 47.4 Å². The molecule has 0 saturated carbocycles. The van der Waals surface area contributed by atoms with Crippen molar-refractivity contribution in [2.24, 2.45) is 0 Å². The first-order valence-corrected chi connectivity index (χ1v) is 11.2. The summed E-state index contributed by atoms with van der Waals surface area (Å²) in [5.74, 6) is -2.83. The summed E-state index contributed by atoms with van der Waals surface area (Å²) < 4.78 is 64.2. The largest absolute Gasteiger partial charge is 0.469 e. The number of hydrogen-bond donors (Lipinski definition) is 1. The molecule has 1 aliphatic rings. The van der Waals surface area contributed by atoms with Gasteiger partial charge in [-0.05, 0) is 35.9 Å². The molecule has 1 saturated heterocycles. The Balaban J connectivity index is 1.87. The summed E-state index contributed by atoms with van der Waals surface area (Å²) in [4.78, 5) is 24.0. The van der Waals surface area contributed by atoms with Crippen LogP contribution in [0, 0.1) is 11.6 Å². The van der Waals surface area contributed by atoms with Gasteiger partial charge in [-0.3, -0.25) is 9.59 Å². The number of methoxy groups -OCH3 is 1. The van der Waals surface area contributed by atoms with Crippen LogP contribution < -0.4 is 5.32 Å². The van der Waals surface area contributed by atoms with Crippen LogP contribution in [0.5, 0.6) is 0 Å². The van der Waals surface area contributed by atoms with Gasteiger partial charge >= 0.3 is 5.97 Å². The fourth-order valence-corrected chi connectivity index (χ4v) is 4.71. The van der Waals surface area contributed by atoms with Gasteiger partial charge in [0.1, 0.15) is 16.5 Å². The molecule has 1 aliphatic heterocycles. The molecule has 0 radical (unpaired) electrons. The number of sulfonamides is 1. The molecule has 0 spiro atoms. The average molecular weight is 468 g/mol. The standard InChI is InChI=1S/C21H22F2N2O6S/c1-30-20(26)13-18(14-2-5-16(22)6-3-14)24-21(27)15-4-7-17(23)19(12-15)32(28,29)25-8-10-31-11-9-25/h2-7,12,18H,8-11,13H2,1H3,(H,24,27).